The van der Waals surface area contributed by atoms with Gasteiger partial charge in [0.05, 0.1) is 12.1 Å². The van der Waals surface area contributed by atoms with Crippen molar-refractivity contribution in [3.8, 4) is 5.75 Å². The van der Waals surface area contributed by atoms with Crippen LogP contribution in [0.25, 0.3) is 0 Å². The molecule has 1 aromatic heterocycles. The third-order valence-corrected chi connectivity index (χ3v) is 5.25. The number of nitrogens with one attached hydrogen (secondary N) is 3. The van der Waals surface area contributed by atoms with E-state index >= 15 is 0 Å². The Hall–Kier alpha value is -3.00. The number of rotatable bonds is 6. The van der Waals surface area contributed by atoms with Crippen LogP contribution in [0.3, 0.4) is 0 Å². The first-order chi connectivity index (χ1) is 14.9. The summed E-state index contributed by atoms with van der Waals surface area (Å²) in [6, 6.07) is 4.88. The highest BCUT2D eigenvalue weighted by Crippen LogP contribution is 2.32. The van der Waals surface area contributed by atoms with E-state index in [-0.39, 0.29) is 41.9 Å². The third kappa shape index (κ3) is 4.85. The summed E-state index contributed by atoms with van der Waals surface area (Å²) in [6.07, 6.45) is 0.728. The van der Waals surface area contributed by atoms with Gasteiger partial charge in [-0.15, -0.1) is 5.10 Å². The van der Waals surface area contributed by atoms with Crippen LogP contribution >= 0.6 is 0 Å². The Bertz CT molecular complexity index is 963. The number of amides is 2. The number of aliphatic hydroxyl groups is 2. The van der Waals surface area contributed by atoms with E-state index in [9.17, 15) is 24.8 Å². The molecule has 2 aliphatic heterocycles. The second-order valence-corrected chi connectivity index (χ2v) is 7.56. The average Bonchev–Trinajstić information content (AvgIpc) is 3.40. The molecule has 3 heterocycles. The van der Waals surface area contributed by atoms with Gasteiger partial charge in [0.2, 0.25) is 5.91 Å². The molecule has 12 nitrogen and oxygen atoms in total. The number of hydrogen-bond donors (Lipinski definition) is 6. The van der Waals surface area contributed by atoms with Gasteiger partial charge >= 0.3 is 7.12 Å². The molecule has 2 aromatic rings. The van der Waals surface area contributed by atoms with Crippen molar-refractivity contribution in [3.05, 3.63) is 41.2 Å². The van der Waals surface area contributed by atoms with Gasteiger partial charge in [0.25, 0.3) is 5.91 Å². The molecule has 164 valence electrons. The van der Waals surface area contributed by atoms with Gasteiger partial charge in [-0.25, -0.2) is 4.68 Å². The van der Waals surface area contributed by atoms with Crippen LogP contribution in [0, 0.1) is 0 Å². The molecule has 2 atom stereocenters. The summed E-state index contributed by atoms with van der Waals surface area (Å²) in [4.78, 5) is 24.6. The number of fused-ring (bicyclic) bond motifs is 1. The van der Waals surface area contributed by atoms with Crippen LogP contribution in [0.4, 0.5) is 0 Å². The van der Waals surface area contributed by atoms with Crippen LogP contribution in [-0.4, -0.2) is 74.2 Å². The number of para-hydroxylation sites is 1. The van der Waals surface area contributed by atoms with E-state index in [4.69, 9.17) is 4.65 Å². The van der Waals surface area contributed by atoms with Crippen molar-refractivity contribution in [1.82, 2.24) is 30.9 Å². The lowest BCUT2D eigenvalue weighted by Gasteiger charge is -2.29. The molecule has 13 heteroatoms. The van der Waals surface area contributed by atoms with Crippen LogP contribution < -0.4 is 20.6 Å². The van der Waals surface area contributed by atoms with Gasteiger partial charge in [-0.05, 0) is 24.9 Å². The highest BCUT2D eigenvalue weighted by atomic mass is 16.5. The first kappa shape index (κ1) is 21.2. The van der Waals surface area contributed by atoms with Gasteiger partial charge in [-0.3, -0.25) is 9.59 Å². The van der Waals surface area contributed by atoms with Crippen molar-refractivity contribution < 1.29 is 29.5 Å². The van der Waals surface area contributed by atoms with Crippen molar-refractivity contribution in [2.24, 2.45) is 0 Å². The number of aromatic nitrogens is 3. The zero-order chi connectivity index (χ0) is 22.0. The minimum Gasteiger partial charge on any atom is -0.534 e. The lowest BCUT2D eigenvalue weighted by Crippen LogP contribution is -2.53. The highest BCUT2D eigenvalue weighted by Gasteiger charge is 2.37. The summed E-state index contributed by atoms with van der Waals surface area (Å²) in [6.45, 7) is 1.35. The lowest BCUT2D eigenvalue weighted by atomic mass is 9.72. The van der Waals surface area contributed by atoms with Gasteiger partial charge in [0.1, 0.15) is 12.3 Å². The Kier molecular flexibility index (Phi) is 6.18. The van der Waals surface area contributed by atoms with E-state index in [0.717, 1.165) is 13.0 Å². The molecule has 1 fully saturated rings. The van der Waals surface area contributed by atoms with Crippen LogP contribution in [0.2, 0.25) is 0 Å². The summed E-state index contributed by atoms with van der Waals surface area (Å²) in [5.74, 6) is -1.35. The van der Waals surface area contributed by atoms with E-state index in [1.165, 1.54) is 16.9 Å². The van der Waals surface area contributed by atoms with Gasteiger partial charge < -0.3 is 35.8 Å². The molecule has 0 radical (unpaired) electrons. The summed E-state index contributed by atoms with van der Waals surface area (Å²) in [5.41, 5.74) is 0.884. The highest BCUT2D eigenvalue weighted by molar-refractivity contribution is 6.46. The van der Waals surface area contributed by atoms with Crippen LogP contribution in [0.1, 0.15) is 34.3 Å². The fourth-order valence-corrected chi connectivity index (χ4v) is 3.69. The number of carbonyl (C=O) groups excluding carboxylic acids is 2. The summed E-state index contributed by atoms with van der Waals surface area (Å²) in [7, 11) is -1.37. The van der Waals surface area contributed by atoms with Crippen LogP contribution in [-0.2, 0) is 17.8 Å². The fourth-order valence-electron chi connectivity index (χ4n) is 3.69. The zero-order valence-corrected chi connectivity index (χ0v) is 16.6. The van der Waals surface area contributed by atoms with Gasteiger partial charge in [-0.1, -0.05) is 23.4 Å². The van der Waals surface area contributed by atoms with E-state index < -0.39 is 25.3 Å². The monoisotopic (exact) mass is 430 g/mol. The molecule has 0 spiro atoms. The number of aliphatic hydroxyl groups excluding tert-OH is 1. The number of carbonyl (C=O) groups is 2. The molecule has 2 aliphatic rings. The molecule has 0 bridgehead atoms. The second kappa shape index (κ2) is 9.02. The van der Waals surface area contributed by atoms with E-state index in [1.807, 2.05) is 0 Å². The molecule has 1 saturated heterocycles. The first-order valence-electron chi connectivity index (χ1n) is 9.94. The molecule has 0 saturated carbocycles. The van der Waals surface area contributed by atoms with Crippen molar-refractivity contribution in [3.63, 3.8) is 0 Å². The molecule has 0 aliphatic carbocycles. The Morgan fingerprint density at radius 2 is 2.19 bits per heavy atom. The third-order valence-electron chi connectivity index (χ3n) is 5.25. The Morgan fingerprint density at radius 3 is 2.94 bits per heavy atom. The van der Waals surface area contributed by atoms with Crippen LogP contribution in [0.5, 0.6) is 5.75 Å². The molecular weight excluding hydrogens is 407 g/mol. The SMILES string of the molecule is O=C(Cn1cc(C(=O)N[C@H]2CCNC2)nn1)N[C@H]1Cc2cccc(C(O)O)c2OB1O. The second-order valence-electron chi connectivity index (χ2n) is 7.56. The van der Waals surface area contributed by atoms with Gasteiger partial charge in [0.15, 0.2) is 12.0 Å². The quantitative estimate of drug-likeness (QED) is 0.214. The average molecular weight is 430 g/mol. The Morgan fingerprint density at radius 1 is 1.35 bits per heavy atom. The van der Waals surface area contributed by atoms with Crippen molar-refractivity contribution in [1.29, 1.82) is 0 Å². The predicted molar refractivity (Wildman–Crippen MR) is 107 cm³/mol. The summed E-state index contributed by atoms with van der Waals surface area (Å²) in [5, 5.41) is 45.4. The molecule has 4 rings (SSSR count). The topological polar surface area (TPSA) is 171 Å². The molecule has 2 amide bonds. The fraction of sp³-hybridized carbons (Fsp3) is 0.444. The molecule has 0 unspecified atom stereocenters. The molecular formula is C18H23BN6O6. The molecule has 6 N–H and O–H groups in total. The Balaban J connectivity index is 1.34. The number of hydrogen-bond acceptors (Lipinski definition) is 9. The van der Waals surface area contributed by atoms with E-state index in [1.54, 1.807) is 12.1 Å². The van der Waals surface area contributed by atoms with Gasteiger partial charge in [0, 0.05) is 18.2 Å². The number of benzene rings is 1. The smallest absolute Gasteiger partial charge is 0.534 e. The predicted octanol–water partition coefficient (Wildman–Crippen LogP) is -2.51. The minimum absolute atomic E-state index is 0.0454. The maximum Gasteiger partial charge on any atom is 0.547 e. The molecule has 1 aromatic carbocycles. The van der Waals surface area contributed by atoms with Crippen molar-refractivity contribution >= 4 is 18.9 Å². The standard InChI is InChI=1S/C18H23BN6O6/c26-15(9-25-8-13(23-24-25)17(27)21-11-4-5-20-7-11)22-14-6-10-2-1-3-12(18(28)29)16(10)31-19(14)30/h1-3,8,11,14,18,20,28-30H,4-7,9H2,(H,21,27)(H,22,26)/t11-,14-/m0/s1. The van der Waals surface area contributed by atoms with Crippen LogP contribution in [0.15, 0.2) is 24.4 Å². The normalized spacial score (nSPS) is 20.3. The summed E-state index contributed by atoms with van der Waals surface area (Å²) >= 11 is 0. The van der Waals surface area contributed by atoms with Crippen molar-refractivity contribution in [2.45, 2.75) is 37.7 Å². The zero-order valence-electron chi connectivity index (χ0n) is 16.6. The Labute approximate surface area is 177 Å². The first-order valence-corrected chi connectivity index (χ1v) is 9.94. The minimum atomic E-state index is -1.74. The number of nitrogens with zero attached hydrogens (tertiary/aromatic N) is 3. The van der Waals surface area contributed by atoms with E-state index in [0.29, 0.717) is 12.1 Å². The van der Waals surface area contributed by atoms with E-state index in [2.05, 4.69) is 26.3 Å². The van der Waals surface area contributed by atoms with Crippen molar-refractivity contribution in [2.75, 3.05) is 13.1 Å². The largest absolute Gasteiger partial charge is 0.547 e. The maximum atomic E-state index is 12.4. The van der Waals surface area contributed by atoms with Gasteiger partial charge in [-0.2, -0.15) is 0 Å². The maximum absolute atomic E-state index is 12.4. The lowest BCUT2D eigenvalue weighted by molar-refractivity contribution is -0.122. The summed E-state index contributed by atoms with van der Waals surface area (Å²) < 4.78 is 6.65. The molecule has 31 heavy (non-hydrogen) atoms.